The highest BCUT2D eigenvalue weighted by atomic mass is 16.3. The second-order valence-electron chi connectivity index (χ2n) is 4.37. The van der Waals surface area contributed by atoms with Crippen molar-refractivity contribution in [2.45, 2.75) is 38.8 Å². The quantitative estimate of drug-likeness (QED) is 0.789. The molecule has 0 aromatic carbocycles. The van der Waals surface area contributed by atoms with Crippen molar-refractivity contribution in [1.29, 1.82) is 0 Å². The van der Waals surface area contributed by atoms with Gasteiger partial charge in [-0.25, -0.2) is 0 Å². The highest BCUT2D eigenvalue weighted by molar-refractivity contribution is 5.39. The van der Waals surface area contributed by atoms with E-state index in [-0.39, 0.29) is 6.61 Å². The molecule has 84 valence electrons. The lowest BCUT2D eigenvalue weighted by Crippen LogP contribution is -2.21. The first kappa shape index (κ1) is 10.5. The largest absolute Gasteiger partial charge is 0.394 e. The normalized spacial score (nSPS) is 25.7. The van der Waals surface area contributed by atoms with Crippen molar-refractivity contribution in [3.63, 3.8) is 0 Å². The van der Waals surface area contributed by atoms with Crippen LogP contribution in [0.15, 0.2) is 12.4 Å². The summed E-state index contributed by atoms with van der Waals surface area (Å²) in [5.74, 6) is 0.756. The zero-order chi connectivity index (χ0) is 10.7. The van der Waals surface area contributed by atoms with Crippen LogP contribution in [0.2, 0.25) is 0 Å². The van der Waals surface area contributed by atoms with Gasteiger partial charge in [-0.3, -0.25) is 4.68 Å². The Morgan fingerprint density at radius 1 is 1.60 bits per heavy atom. The van der Waals surface area contributed by atoms with Crippen LogP contribution in [0.3, 0.4) is 0 Å². The Hall–Kier alpha value is -1.03. The lowest BCUT2D eigenvalue weighted by molar-refractivity contribution is 0.269. The van der Waals surface area contributed by atoms with E-state index in [1.54, 1.807) is 4.68 Å². The van der Waals surface area contributed by atoms with E-state index in [9.17, 15) is 0 Å². The lowest BCUT2D eigenvalue weighted by atomic mass is 10.1. The zero-order valence-corrected chi connectivity index (χ0v) is 9.19. The molecule has 0 bridgehead atoms. The fourth-order valence-electron chi connectivity index (χ4n) is 2.24. The number of nitrogens with zero attached hydrogens (tertiary/aromatic N) is 2. The summed E-state index contributed by atoms with van der Waals surface area (Å²) >= 11 is 0. The van der Waals surface area contributed by atoms with E-state index in [2.05, 4.69) is 17.3 Å². The van der Waals surface area contributed by atoms with Crippen LogP contribution in [0.4, 0.5) is 5.69 Å². The van der Waals surface area contributed by atoms with Crippen molar-refractivity contribution >= 4 is 5.69 Å². The summed E-state index contributed by atoms with van der Waals surface area (Å²) in [6.07, 6.45) is 7.69. The number of aliphatic hydroxyl groups excluding tert-OH is 1. The standard InChI is InChI=1S/C11H19N3O/c1-9-3-2-4-11(9)13-10-7-12-14(8-10)5-6-15/h7-9,11,13,15H,2-6H2,1H3. The smallest absolute Gasteiger partial charge is 0.0728 e. The topological polar surface area (TPSA) is 50.1 Å². The number of rotatable bonds is 4. The monoisotopic (exact) mass is 209 g/mol. The second-order valence-corrected chi connectivity index (χ2v) is 4.37. The molecule has 15 heavy (non-hydrogen) atoms. The van der Waals surface area contributed by atoms with Crippen LogP contribution >= 0.6 is 0 Å². The molecule has 1 aromatic heterocycles. The summed E-state index contributed by atoms with van der Waals surface area (Å²) in [5, 5.41) is 16.4. The summed E-state index contributed by atoms with van der Waals surface area (Å²) in [6.45, 7) is 3.01. The minimum Gasteiger partial charge on any atom is -0.394 e. The molecule has 0 amide bonds. The van der Waals surface area contributed by atoms with Gasteiger partial charge in [-0.2, -0.15) is 5.10 Å². The first-order chi connectivity index (χ1) is 7.29. The first-order valence-electron chi connectivity index (χ1n) is 5.69. The number of anilines is 1. The summed E-state index contributed by atoms with van der Waals surface area (Å²) in [6, 6.07) is 0.594. The van der Waals surface area contributed by atoms with Crippen molar-refractivity contribution in [3.05, 3.63) is 12.4 Å². The van der Waals surface area contributed by atoms with Gasteiger partial charge < -0.3 is 10.4 Å². The molecule has 1 aromatic rings. The highest BCUT2D eigenvalue weighted by Gasteiger charge is 2.23. The van der Waals surface area contributed by atoms with E-state index >= 15 is 0 Å². The Bertz CT molecular complexity index is 311. The van der Waals surface area contributed by atoms with E-state index in [0.717, 1.165) is 11.6 Å². The molecular formula is C11H19N3O. The molecule has 0 radical (unpaired) electrons. The van der Waals surface area contributed by atoms with Crippen molar-refractivity contribution < 1.29 is 5.11 Å². The fraction of sp³-hybridized carbons (Fsp3) is 0.727. The van der Waals surface area contributed by atoms with Crippen LogP contribution in [0, 0.1) is 5.92 Å². The van der Waals surface area contributed by atoms with Gasteiger partial charge in [0.25, 0.3) is 0 Å². The molecule has 1 saturated carbocycles. The summed E-state index contributed by atoms with van der Waals surface area (Å²) in [7, 11) is 0. The minimum absolute atomic E-state index is 0.140. The summed E-state index contributed by atoms with van der Waals surface area (Å²) < 4.78 is 1.77. The maximum atomic E-state index is 8.77. The minimum atomic E-state index is 0.140. The Labute approximate surface area is 90.3 Å². The number of hydrogen-bond donors (Lipinski definition) is 2. The van der Waals surface area contributed by atoms with Crippen LogP contribution < -0.4 is 5.32 Å². The maximum Gasteiger partial charge on any atom is 0.0728 e. The van der Waals surface area contributed by atoms with Gasteiger partial charge in [0.15, 0.2) is 0 Å². The van der Waals surface area contributed by atoms with Gasteiger partial charge in [-0.1, -0.05) is 13.3 Å². The number of nitrogens with one attached hydrogen (secondary N) is 1. The average Bonchev–Trinajstić information content (AvgIpc) is 2.79. The third-order valence-electron chi connectivity index (χ3n) is 3.18. The average molecular weight is 209 g/mol. The molecule has 2 rings (SSSR count). The van der Waals surface area contributed by atoms with Crippen molar-refractivity contribution in [2.75, 3.05) is 11.9 Å². The molecule has 4 nitrogen and oxygen atoms in total. The number of aromatic nitrogens is 2. The lowest BCUT2D eigenvalue weighted by Gasteiger charge is -2.16. The molecule has 1 aliphatic rings. The zero-order valence-electron chi connectivity index (χ0n) is 9.19. The van der Waals surface area contributed by atoms with Crippen LogP contribution in [0.25, 0.3) is 0 Å². The van der Waals surface area contributed by atoms with Gasteiger partial charge in [0, 0.05) is 12.2 Å². The van der Waals surface area contributed by atoms with Crippen LogP contribution in [-0.4, -0.2) is 27.5 Å². The Kier molecular flexibility index (Phi) is 3.26. The first-order valence-corrected chi connectivity index (χ1v) is 5.69. The third kappa shape index (κ3) is 2.50. The maximum absolute atomic E-state index is 8.77. The van der Waals surface area contributed by atoms with E-state index in [1.807, 2.05) is 12.4 Å². The molecule has 2 unspecified atom stereocenters. The van der Waals surface area contributed by atoms with Gasteiger partial charge in [-0.15, -0.1) is 0 Å². The fourth-order valence-corrected chi connectivity index (χ4v) is 2.24. The third-order valence-corrected chi connectivity index (χ3v) is 3.18. The number of hydrogen-bond acceptors (Lipinski definition) is 3. The summed E-state index contributed by atoms with van der Waals surface area (Å²) in [4.78, 5) is 0. The predicted octanol–water partition coefficient (Wildman–Crippen LogP) is 1.48. The van der Waals surface area contributed by atoms with Gasteiger partial charge in [0.2, 0.25) is 0 Å². The number of aliphatic hydroxyl groups is 1. The van der Waals surface area contributed by atoms with E-state index in [0.29, 0.717) is 12.6 Å². The summed E-state index contributed by atoms with van der Waals surface area (Å²) in [5.41, 5.74) is 1.07. The van der Waals surface area contributed by atoms with Crippen molar-refractivity contribution in [2.24, 2.45) is 5.92 Å². The van der Waals surface area contributed by atoms with E-state index < -0.39 is 0 Å². The van der Waals surface area contributed by atoms with E-state index in [1.165, 1.54) is 19.3 Å². The molecule has 0 saturated heterocycles. The van der Waals surface area contributed by atoms with Crippen molar-refractivity contribution in [3.8, 4) is 0 Å². The molecular weight excluding hydrogens is 190 g/mol. The molecule has 0 aliphatic heterocycles. The van der Waals surface area contributed by atoms with Gasteiger partial charge >= 0.3 is 0 Å². The SMILES string of the molecule is CC1CCCC1Nc1cnn(CCO)c1. The molecule has 0 spiro atoms. The van der Waals surface area contributed by atoms with Crippen LogP contribution in [0.1, 0.15) is 26.2 Å². The van der Waals surface area contributed by atoms with Crippen LogP contribution in [-0.2, 0) is 6.54 Å². The van der Waals surface area contributed by atoms with Crippen molar-refractivity contribution in [1.82, 2.24) is 9.78 Å². The van der Waals surface area contributed by atoms with Gasteiger partial charge in [0.1, 0.15) is 0 Å². The van der Waals surface area contributed by atoms with E-state index in [4.69, 9.17) is 5.11 Å². The molecule has 2 atom stereocenters. The Morgan fingerprint density at radius 3 is 3.13 bits per heavy atom. The second kappa shape index (κ2) is 4.66. The molecule has 1 fully saturated rings. The van der Waals surface area contributed by atoms with Gasteiger partial charge in [-0.05, 0) is 18.8 Å². The van der Waals surface area contributed by atoms with Crippen LogP contribution in [0.5, 0.6) is 0 Å². The predicted molar refractivity (Wildman–Crippen MR) is 59.7 cm³/mol. The Morgan fingerprint density at radius 2 is 2.47 bits per heavy atom. The molecule has 1 heterocycles. The molecule has 1 aliphatic carbocycles. The van der Waals surface area contributed by atoms with Gasteiger partial charge in [0.05, 0.1) is 25.0 Å². The molecule has 4 heteroatoms. The molecule has 2 N–H and O–H groups in total. The highest BCUT2D eigenvalue weighted by Crippen LogP contribution is 2.27. The Balaban J connectivity index is 1.92.